The molecule has 0 aliphatic heterocycles. The van der Waals surface area contributed by atoms with Crippen LogP contribution >= 0.6 is 34.5 Å². The minimum absolute atomic E-state index is 0.279. The molecule has 0 radical (unpaired) electrons. The van der Waals surface area contributed by atoms with Crippen molar-refractivity contribution < 1.29 is 4.79 Å². The minimum atomic E-state index is -0.279. The monoisotopic (exact) mass is 355 g/mol. The van der Waals surface area contributed by atoms with Crippen molar-refractivity contribution in [1.82, 2.24) is 10.2 Å². The predicted molar refractivity (Wildman–Crippen MR) is 92.6 cm³/mol. The molecule has 1 aromatic heterocycles. The first kappa shape index (κ1) is 16.9. The largest absolute Gasteiger partial charge is 0.297 e. The van der Waals surface area contributed by atoms with Crippen molar-refractivity contribution in [3.8, 4) is 0 Å². The van der Waals surface area contributed by atoms with Gasteiger partial charge >= 0.3 is 0 Å². The number of halogens is 2. The molecular formula is C15H15Cl2N3OS. The summed E-state index contributed by atoms with van der Waals surface area (Å²) in [7, 11) is 0. The molecule has 0 fully saturated rings. The zero-order valence-corrected chi connectivity index (χ0v) is 14.5. The van der Waals surface area contributed by atoms with Crippen LogP contribution in [0.3, 0.4) is 0 Å². The maximum absolute atomic E-state index is 11.9. The summed E-state index contributed by atoms with van der Waals surface area (Å²) >= 11 is 13.2. The van der Waals surface area contributed by atoms with Crippen molar-refractivity contribution in [2.75, 3.05) is 5.32 Å². The lowest BCUT2D eigenvalue weighted by Crippen LogP contribution is -2.07. The Hall–Kier alpha value is -1.43. The van der Waals surface area contributed by atoms with Gasteiger partial charge in [0.2, 0.25) is 11.0 Å². The first-order valence-corrected chi connectivity index (χ1v) is 8.28. The number of carbonyl (C=O) groups is 1. The highest BCUT2D eigenvalue weighted by atomic mass is 35.5. The topological polar surface area (TPSA) is 54.9 Å². The van der Waals surface area contributed by atoms with Crippen LogP contribution in [0, 0.1) is 5.92 Å². The molecule has 0 saturated heterocycles. The van der Waals surface area contributed by atoms with Crippen LogP contribution in [0.2, 0.25) is 10.0 Å². The van der Waals surface area contributed by atoms with Gasteiger partial charge in [-0.15, -0.1) is 10.2 Å². The van der Waals surface area contributed by atoms with E-state index in [1.54, 1.807) is 24.3 Å². The molecule has 2 rings (SSSR count). The van der Waals surface area contributed by atoms with E-state index in [4.69, 9.17) is 23.2 Å². The number of benzene rings is 1. The molecule has 0 bridgehead atoms. The van der Waals surface area contributed by atoms with Crippen molar-refractivity contribution >= 4 is 51.7 Å². The van der Waals surface area contributed by atoms with Crippen molar-refractivity contribution in [2.24, 2.45) is 5.92 Å². The molecule has 1 amide bonds. The van der Waals surface area contributed by atoms with E-state index in [0.717, 1.165) is 17.0 Å². The average Bonchev–Trinajstić information content (AvgIpc) is 2.84. The molecule has 0 spiro atoms. The smallest absolute Gasteiger partial charge is 0.250 e. The van der Waals surface area contributed by atoms with Gasteiger partial charge in [0.15, 0.2) is 0 Å². The Morgan fingerprint density at radius 2 is 2.14 bits per heavy atom. The highest BCUT2D eigenvalue weighted by molar-refractivity contribution is 7.15. The van der Waals surface area contributed by atoms with Crippen LogP contribution in [0.1, 0.15) is 24.4 Å². The molecule has 7 heteroatoms. The average molecular weight is 356 g/mol. The number of anilines is 1. The normalized spacial score (nSPS) is 11.3. The lowest BCUT2D eigenvalue weighted by molar-refractivity contribution is -0.111. The summed E-state index contributed by atoms with van der Waals surface area (Å²) < 4.78 is 0. The second kappa shape index (κ2) is 7.72. The summed E-state index contributed by atoms with van der Waals surface area (Å²) in [6.45, 7) is 4.22. The SMILES string of the molecule is CC(C)Cc1nnc(NC(=O)/C=C/c2ccc(Cl)cc2Cl)s1. The van der Waals surface area contributed by atoms with Crippen LogP contribution in [-0.4, -0.2) is 16.1 Å². The number of aromatic nitrogens is 2. The first-order valence-electron chi connectivity index (χ1n) is 6.70. The number of hydrogen-bond acceptors (Lipinski definition) is 4. The highest BCUT2D eigenvalue weighted by Crippen LogP contribution is 2.22. The van der Waals surface area contributed by atoms with Crippen LogP contribution in [0.5, 0.6) is 0 Å². The van der Waals surface area contributed by atoms with Gasteiger partial charge in [-0.25, -0.2) is 0 Å². The molecule has 4 nitrogen and oxygen atoms in total. The predicted octanol–water partition coefficient (Wildman–Crippen LogP) is 4.70. The highest BCUT2D eigenvalue weighted by Gasteiger charge is 2.08. The van der Waals surface area contributed by atoms with Crippen molar-refractivity contribution in [3.05, 3.63) is 44.9 Å². The van der Waals surface area contributed by atoms with Gasteiger partial charge in [0.1, 0.15) is 5.01 Å². The Labute approximate surface area is 143 Å². The van der Waals surface area contributed by atoms with E-state index in [-0.39, 0.29) is 5.91 Å². The molecule has 1 aromatic carbocycles. The lowest BCUT2D eigenvalue weighted by Gasteiger charge is -1.99. The van der Waals surface area contributed by atoms with Crippen molar-refractivity contribution in [2.45, 2.75) is 20.3 Å². The molecule has 0 aliphatic carbocycles. The minimum Gasteiger partial charge on any atom is -0.297 e. The Kier molecular flexibility index (Phi) is 5.94. The molecule has 1 heterocycles. The lowest BCUT2D eigenvalue weighted by atomic mass is 10.1. The van der Waals surface area contributed by atoms with E-state index in [9.17, 15) is 4.79 Å². The molecular weight excluding hydrogens is 341 g/mol. The molecule has 2 aromatic rings. The second-order valence-corrected chi connectivity index (χ2v) is 6.99. The summed E-state index contributed by atoms with van der Waals surface area (Å²) in [5, 5.41) is 13.1. The van der Waals surface area contributed by atoms with Crippen molar-refractivity contribution in [1.29, 1.82) is 0 Å². The van der Waals surface area contributed by atoms with Gasteiger partial charge in [-0.1, -0.05) is 54.5 Å². The molecule has 116 valence electrons. The molecule has 0 aliphatic rings. The third kappa shape index (κ3) is 5.09. The summed E-state index contributed by atoms with van der Waals surface area (Å²) in [5.74, 6) is 0.224. The molecule has 0 saturated carbocycles. The van der Waals surface area contributed by atoms with Crippen LogP contribution in [0.15, 0.2) is 24.3 Å². The second-order valence-electron chi connectivity index (χ2n) is 5.09. The number of nitrogens with zero attached hydrogens (tertiary/aromatic N) is 2. The fourth-order valence-corrected chi connectivity index (χ4v) is 3.11. The molecule has 1 N–H and O–H groups in total. The number of nitrogens with one attached hydrogen (secondary N) is 1. The Balaban J connectivity index is 1.97. The van der Waals surface area contributed by atoms with Crippen LogP contribution in [0.4, 0.5) is 5.13 Å². The van der Waals surface area contributed by atoms with Gasteiger partial charge in [0.05, 0.1) is 0 Å². The van der Waals surface area contributed by atoms with Crippen LogP contribution in [0.25, 0.3) is 6.08 Å². The third-order valence-corrected chi connectivity index (χ3v) is 4.08. The van der Waals surface area contributed by atoms with Gasteiger partial charge < -0.3 is 0 Å². The maximum atomic E-state index is 11.9. The number of amides is 1. The van der Waals surface area contributed by atoms with Crippen LogP contribution < -0.4 is 5.32 Å². The standard InChI is InChI=1S/C15H15Cl2N3OS/c1-9(2)7-14-19-20-15(22-14)18-13(21)6-4-10-3-5-11(16)8-12(10)17/h3-6,8-9H,7H2,1-2H3,(H,18,20,21)/b6-4+. The fraction of sp³-hybridized carbons (Fsp3) is 0.267. The van der Waals surface area contributed by atoms with E-state index >= 15 is 0 Å². The van der Waals surface area contributed by atoms with E-state index in [2.05, 4.69) is 29.4 Å². The van der Waals surface area contributed by atoms with E-state index in [1.807, 2.05) is 0 Å². The molecule has 0 atom stereocenters. The third-order valence-electron chi connectivity index (χ3n) is 2.66. The number of rotatable bonds is 5. The molecule has 22 heavy (non-hydrogen) atoms. The maximum Gasteiger partial charge on any atom is 0.250 e. The summed E-state index contributed by atoms with van der Waals surface area (Å²) in [4.78, 5) is 11.9. The summed E-state index contributed by atoms with van der Waals surface area (Å²) in [6.07, 6.45) is 3.88. The van der Waals surface area contributed by atoms with Gasteiger partial charge in [-0.05, 0) is 29.7 Å². The fourth-order valence-electron chi connectivity index (χ4n) is 1.69. The zero-order valence-electron chi connectivity index (χ0n) is 12.1. The first-order chi connectivity index (χ1) is 10.4. The Bertz CT molecular complexity index is 698. The van der Waals surface area contributed by atoms with E-state index in [0.29, 0.717) is 21.1 Å². The van der Waals surface area contributed by atoms with E-state index < -0.39 is 0 Å². The number of hydrogen-bond donors (Lipinski definition) is 1. The van der Waals surface area contributed by atoms with Gasteiger partial charge in [-0.2, -0.15) is 0 Å². The summed E-state index contributed by atoms with van der Waals surface area (Å²) in [6, 6.07) is 5.09. The molecule has 0 unspecified atom stereocenters. The van der Waals surface area contributed by atoms with Gasteiger partial charge in [-0.3, -0.25) is 10.1 Å². The Morgan fingerprint density at radius 1 is 1.36 bits per heavy atom. The van der Waals surface area contributed by atoms with Crippen LogP contribution in [-0.2, 0) is 11.2 Å². The quantitative estimate of drug-likeness (QED) is 0.791. The van der Waals surface area contributed by atoms with E-state index in [1.165, 1.54) is 17.4 Å². The number of carbonyl (C=O) groups excluding carboxylic acids is 1. The van der Waals surface area contributed by atoms with Gasteiger partial charge in [0.25, 0.3) is 0 Å². The zero-order chi connectivity index (χ0) is 16.1. The van der Waals surface area contributed by atoms with Gasteiger partial charge in [0, 0.05) is 22.5 Å². The summed E-state index contributed by atoms with van der Waals surface area (Å²) in [5.41, 5.74) is 0.721. The Morgan fingerprint density at radius 3 is 2.82 bits per heavy atom. The van der Waals surface area contributed by atoms with Crippen molar-refractivity contribution in [3.63, 3.8) is 0 Å².